The van der Waals surface area contributed by atoms with E-state index in [2.05, 4.69) is 5.32 Å². The molecule has 0 aliphatic carbocycles. The second-order valence-electron chi connectivity index (χ2n) is 3.70. The molecule has 4 nitrogen and oxygen atoms in total. The van der Waals surface area contributed by atoms with Gasteiger partial charge in [-0.1, -0.05) is 0 Å². The van der Waals surface area contributed by atoms with Crippen LogP contribution in [0.25, 0.3) is 0 Å². The summed E-state index contributed by atoms with van der Waals surface area (Å²) in [5, 5.41) is 2.98. The zero-order valence-electron chi connectivity index (χ0n) is 9.66. The van der Waals surface area contributed by atoms with E-state index in [1.54, 1.807) is 18.7 Å². The lowest BCUT2D eigenvalue weighted by atomic mass is 10.2. The van der Waals surface area contributed by atoms with Crippen molar-refractivity contribution in [3.8, 4) is 0 Å². The van der Waals surface area contributed by atoms with Gasteiger partial charge in [0.15, 0.2) is 0 Å². The number of carbonyl (C=O) groups is 2. The second-order valence-corrected chi connectivity index (χ2v) is 5.01. The molecule has 1 heterocycles. The summed E-state index contributed by atoms with van der Waals surface area (Å²) >= 11 is 1.72. The molecule has 92 valence electrons. The lowest BCUT2D eigenvalue weighted by Crippen LogP contribution is -2.32. The van der Waals surface area contributed by atoms with E-state index in [0.717, 1.165) is 18.6 Å². The third kappa shape index (κ3) is 4.88. The van der Waals surface area contributed by atoms with E-state index in [4.69, 9.17) is 4.74 Å². The highest BCUT2D eigenvalue weighted by Gasteiger charge is 2.22. The number of hydrogen-bond acceptors (Lipinski definition) is 4. The van der Waals surface area contributed by atoms with Crippen molar-refractivity contribution in [3.63, 3.8) is 0 Å². The summed E-state index contributed by atoms with van der Waals surface area (Å²) in [4.78, 5) is 22.6. The van der Waals surface area contributed by atoms with E-state index in [1.807, 2.05) is 0 Å². The van der Waals surface area contributed by atoms with Crippen LogP contribution in [-0.2, 0) is 14.3 Å². The molecule has 1 aliphatic rings. The average molecular weight is 245 g/mol. The fourth-order valence-electron chi connectivity index (χ4n) is 1.58. The van der Waals surface area contributed by atoms with Gasteiger partial charge in [0, 0.05) is 13.0 Å². The summed E-state index contributed by atoms with van der Waals surface area (Å²) in [6.07, 6.45) is 3.15. The summed E-state index contributed by atoms with van der Waals surface area (Å²) < 4.78 is 4.79. The smallest absolute Gasteiger partial charge is 0.305 e. The summed E-state index contributed by atoms with van der Waals surface area (Å²) in [7, 11) is 0. The van der Waals surface area contributed by atoms with Gasteiger partial charge in [-0.15, -0.1) is 11.8 Å². The minimum atomic E-state index is -0.188. The molecule has 1 rings (SSSR count). The first-order chi connectivity index (χ1) is 7.74. The van der Waals surface area contributed by atoms with Gasteiger partial charge in [0.25, 0.3) is 0 Å². The average Bonchev–Trinajstić information content (AvgIpc) is 2.78. The Bertz CT molecular complexity index is 239. The van der Waals surface area contributed by atoms with Gasteiger partial charge < -0.3 is 10.1 Å². The van der Waals surface area contributed by atoms with Crippen molar-refractivity contribution < 1.29 is 14.3 Å². The van der Waals surface area contributed by atoms with E-state index in [9.17, 15) is 9.59 Å². The van der Waals surface area contributed by atoms with E-state index in [1.165, 1.54) is 0 Å². The molecule has 0 aromatic rings. The van der Waals surface area contributed by atoms with Crippen LogP contribution in [0.1, 0.15) is 32.6 Å². The molecule has 1 saturated heterocycles. The minimum absolute atomic E-state index is 0.117. The maximum absolute atomic E-state index is 11.6. The van der Waals surface area contributed by atoms with Gasteiger partial charge in [-0.25, -0.2) is 0 Å². The fourth-order valence-corrected chi connectivity index (χ4v) is 2.76. The third-order valence-corrected chi connectivity index (χ3v) is 3.76. The lowest BCUT2D eigenvalue weighted by Gasteiger charge is -2.09. The monoisotopic (exact) mass is 245 g/mol. The number of thioether (sulfide) groups is 1. The van der Waals surface area contributed by atoms with Gasteiger partial charge in [-0.05, 0) is 31.9 Å². The van der Waals surface area contributed by atoms with Crippen LogP contribution in [0.2, 0.25) is 0 Å². The van der Waals surface area contributed by atoms with Crippen LogP contribution in [0.5, 0.6) is 0 Å². The normalized spacial score (nSPS) is 19.4. The van der Waals surface area contributed by atoms with Crippen molar-refractivity contribution in [1.29, 1.82) is 0 Å². The van der Waals surface area contributed by atoms with Gasteiger partial charge in [0.05, 0.1) is 11.9 Å². The SMILES string of the molecule is CCOC(=O)CCCNC(=O)C1CCCS1. The Kier molecular flexibility index (Phi) is 6.30. The molecule has 0 bridgehead atoms. The van der Waals surface area contributed by atoms with Crippen molar-refractivity contribution in [2.75, 3.05) is 18.9 Å². The highest BCUT2D eigenvalue weighted by atomic mass is 32.2. The molecular formula is C11H19NO3S. The molecule has 0 spiro atoms. The zero-order chi connectivity index (χ0) is 11.8. The molecule has 1 aliphatic heterocycles. The van der Waals surface area contributed by atoms with Crippen LogP contribution in [0.15, 0.2) is 0 Å². The summed E-state index contributed by atoms with van der Waals surface area (Å²) in [6.45, 7) is 2.77. The van der Waals surface area contributed by atoms with E-state index in [-0.39, 0.29) is 17.1 Å². The standard InChI is InChI=1S/C11H19NO3S/c1-2-15-10(13)6-3-7-12-11(14)9-5-4-8-16-9/h9H,2-8H2,1H3,(H,12,14). The second kappa shape index (κ2) is 7.54. The van der Waals surface area contributed by atoms with Crippen molar-refractivity contribution >= 4 is 23.6 Å². The van der Waals surface area contributed by atoms with Gasteiger partial charge in [0.1, 0.15) is 0 Å². The maximum atomic E-state index is 11.6. The Morgan fingerprint density at radius 2 is 2.31 bits per heavy atom. The first kappa shape index (κ1) is 13.4. The van der Waals surface area contributed by atoms with Crippen LogP contribution >= 0.6 is 11.8 Å². The zero-order valence-corrected chi connectivity index (χ0v) is 10.5. The molecule has 16 heavy (non-hydrogen) atoms. The van der Waals surface area contributed by atoms with Crippen LogP contribution in [0.3, 0.4) is 0 Å². The Balaban J connectivity index is 2.02. The predicted molar refractivity (Wildman–Crippen MR) is 64.4 cm³/mol. The summed E-state index contributed by atoms with van der Waals surface area (Å²) in [6, 6.07) is 0. The number of hydrogen-bond donors (Lipinski definition) is 1. The quantitative estimate of drug-likeness (QED) is 0.567. The van der Waals surface area contributed by atoms with Crippen LogP contribution in [-0.4, -0.2) is 36.0 Å². The number of amides is 1. The number of nitrogens with one attached hydrogen (secondary N) is 1. The van der Waals surface area contributed by atoms with Crippen LogP contribution < -0.4 is 5.32 Å². The molecule has 0 radical (unpaired) electrons. The highest BCUT2D eigenvalue weighted by molar-refractivity contribution is 8.00. The first-order valence-corrected chi connectivity index (χ1v) is 6.84. The molecule has 1 fully saturated rings. The highest BCUT2D eigenvalue weighted by Crippen LogP contribution is 2.25. The summed E-state index contributed by atoms with van der Waals surface area (Å²) in [5.74, 6) is 1.01. The van der Waals surface area contributed by atoms with Gasteiger partial charge in [-0.2, -0.15) is 0 Å². The number of rotatable bonds is 6. The topological polar surface area (TPSA) is 55.4 Å². The van der Waals surface area contributed by atoms with Gasteiger partial charge >= 0.3 is 5.97 Å². The molecule has 1 unspecified atom stereocenters. The molecule has 0 saturated carbocycles. The minimum Gasteiger partial charge on any atom is -0.466 e. The van der Waals surface area contributed by atoms with Gasteiger partial charge in [-0.3, -0.25) is 9.59 Å². The summed E-state index contributed by atoms with van der Waals surface area (Å²) in [5.41, 5.74) is 0. The molecule has 0 aromatic carbocycles. The Hall–Kier alpha value is -0.710. The number of ether oxygens (including phenoxy) is 1. The van der Waals surface area contributed by atoms with E-state index in [0.29, 0.717) is 26.0 Å². The van der Waals surface area contributed by atoms with Crippen molar-refractivity contribution in [1.82, 2.24) is 5.32 Å². The maximum Gasteiger partial charge on any atom is 0.305 e. The van der Waals surface area contributed by atoms with E-state index < -0.39 is 0 Å². The molecule has 5 heteroatoms. The lowest BCUT2D eigenvalue weighted by molar-refractivity contribution is -0.143. The van der Waals surface area contributed by atoms with E-state index >= 15 is 0 Å². The molecule has 1 atom stereocenters. The van der Waals surface area contributed by atoms with Crippen molar-refractivity contribution in [3.05, 3.63) is 0 Å². The van der Waals surface area contributed by atoms with Crippen LogP contribution in [0, 0.1) is 0 Å². The van der Waals surface area contributed by atoms with Gasteiger partial charge in [0.2, 0.25) is 5.91 Å². The largest absolute Gasteiger partial charge is 0.466 e. The predicted octanol–water partition coefficient (Wildman–Crippen LogP) is 1.34. The van der Waals surface area contributed by atoms with Crippen LogP contribution in [0.4, 0.5) is 0 Å². The number of esters is 1. The fraction of sp³-hybridized carbons (Fsp3) is 0.818. The van der Waals surface area contributed by atoms with Crippen molar-refractivity contribution in [2.45, 2.75) is 37.9 Å². The molecule has 1 amide bonds. The number of carbonyl (C=O) groups excluding carboxylic acids is 2. The molecule has 0 aromatic heterocycles. The third-order valence-electron chi connectivity index (χ3n) is 2.38. The Morgan fingerprint density at radius 1 is 1.50 bits per heavy atom. The molecular weight excluding hydrogens is 226 g/mol. The Morgan fingerprint density at radius 3 is 2.94 bits per heavy atom. The first-order valence-electron chi connectivity index (χ1n) is 5.79. The van der Waals surface area contributed by atoms with Crippen molar-refractivity contribution in [2.24, 2.45) is 0 Å². The molecule has 1 N–H and O–H groups in total. The Labute approximate surface area is 100 Å².